The average Bonchev–Trinajstić information content (AvgIpc) is 2.52. The first kappa shape index (κ1) is 16.3. The molecule has 5 nitrogen and oxygen atoms in total. The van der Waals surface area contributed by atoms with Gasteiger partial charge in [-0.2, -0.15) is 0 Å². The molecule has 0 aliphatic rings. The van der Waals surface area contributed by atoms with Gasteiger partial charge >= 0.3 is 0 Å². The van der Waals surface area contributed by atoms with Crippen LogP contribution in [0.25, 0.3) is 10.9 Å². The zero-order chi connectivity index (χ0) is 17.5. The van der Waals surface area contributed by atoms with Gasteiger partial charge in [-0.05, 0) is 50.2 Å². The van der Waals surface area contributed by atoms with Crippen LogP contribution in [-0.2, 0) is 17.1 Å². The summed E-state index contributed by atoms with van der Waals surface area (Å²) < 4.78 is 29.1. The summed E-state index contributed by atoms with van der Waals surface area (Å²) in [7, 11) is -1.94. The Morgan fingerprint density at radius 1 is 0.958 bits per heavy atom. The highest BCUT2D eigenvalue weighted by atomic mass is 32.2. The molecule has 1 aromatic heterocycles. The third-order valence-electron chi connectivity index (χ3n) is 3.99. The minimum atomic E-state index is -3.65. The van der Waals surface area contributed by atoms with Crippen LogP contribution in [-0.4, -0.2) is 13.0 Å². The van der Waals surface area contributed by atoms with Gasteiger partial charge in [-0.15, -0.1) is 0 Å². The summed E-state index contributed by atoms with van der Waals surface area (Å²) >= 11 is 0. The highest BCUT2D eigenvalue weighted by Gasteiger charge is 2.14. The van der Waals surface area contributed by atoms with Crippen LogP contribution in [0.5, 0.6) is 0 Å². The van der Waals surface area contributed by atoms with Crippen molar-refractivity contribution in [3.8, 4) is 0 Å². The van der Waals surface area contributed by atoms with E-state index in [0.717, 1.165) is 16.5 Å². The summed E-state index contributed by atoms with van der Waals surface area (Å²) in [6.45, 7) is 3.64. The average molecular weight is 342 g/mol. The SMILES string of the molecule is Cc1ccc(S(=O)(=O)Nc2ccc3c(c2)cc(C)c(=O)n3C)cc1. The molecule has 1 N–H and O–H groups in total. The van der Waals surface area contributed by atoms with Crippen molar-refractivity contribution in [2.75, 3.05) is 4.72 Å². The maximum Gasteiger partial charge on any atom is 0.261 e. The molecule has 0 bridgehead atoms. The molecule has 124 valence electrons. The van der Waals surface area contributed by atoms with E-state index < -0.39 is 10.0 Å². The quantitative estimate of drug-likeness (QED) is 0.796. The van der Waals surface area contributed by atoms with Crippen molar-refractivity contribution in [3.05, 3.63) is 70.0 Å². The Bertz CT molecular complexity index is 1080. The van der Waals surface area contributed by atoms with Gasteiger partial charge in [0.15, 0.2) is 0 Å². The first-order chi connectivity index (χ1) is 11.3. The van der Waals surface area contributed by atoms with E-state index >= 15 is 0 Å². The molecule has 0 aliphatic carbocycles. The Balaban J connectivity index is 2.03. The van der Waals surface area contributed by atoms with Crippen LogP contribution in [0.4, 0.5) is 5.69 Å². The summed E-state index contributed by atoms with van der Waals surface area (Å²) in [4.78, 5) is 12.2. The monoisotopic (exact) mass is 342 g/mol. The highest BCUT2D eigenvalue weighted by Crippen LogP contribution is 2.21. The number of aromatic nitrogens is 1. The largest absolute Gasteiger partial charge is 0.311 e. The van der Waals surface area contributed by atoms with Crippen LogP contribution in [0, 0.1) is 13.8 Å². The van der Waals surface area contributed by atoms with Crippen molar-refractivity contribution in [3.63, 3.8) is 0 Å². The van der Waals surface area contributed by atoms with Crippen molar-refractivity contribution >= 4 is 26.6 Å². The van der Waals surface area contributed by atoms with Gasteiger partial charge < -0.3 is 4.57 Å². The normalized spacial score (nSPS) is 11.6. The first-order valence-corrected chi connectivity index (χ1v) is 8.96. The maximum atomic E-state index is 12.5. The number of sulfonamides is 1. The number of pyridine rings is 1. The molecule has 0 spiro atoms. The summed E-state index contributed by atoms with van der Waals surface area (Å²) in [5.41, 5.74) is 2.76. The lowest BCUT2D eigenvalue weighted by Gasteiger charge is -2.11. The third kappa shape index (κ3) is 2.92. The van der Waals surface area contributed by atoms with Gasteiger partial charge in [0.05, 0.1) is 10.4 Å². The van der Waals surface area contributed by atoms with Gasteiger partial charge in [0, 0.05) is 23.7 Å². The molecular weight excluding hydrogens is 324 g/mol. The molecule has 3 aromatic rings. The highest BCUT2D eigenvalue weighted by molar-refractivity contribution is 7.92. The lowest BCUT2D eigenvalue weighted by atomic mass is 10.1. The van der Waals surface area contributed by atoms with E-state index in [0.29, 0.717) is 11.3 Å². The van der Waals surface area contributed by atoms with Crippen molar-refractivity contribution in [2.24, 2.45) is 7.05 Å². The van der Waals surface area contributed by atoms with Crippen LogP contribution in [0.3, 0.4) is 0 Å². The minimum absolute atomic E-state index is 0.0597. The number of aryl methyl sites for hydroxylation is 3. The summed E-state index contributed by atoms with van der Waals surface area (Å²) in [6.07, 6.45) is 0. The third-order valence-corrected chi connectivity index (χ3v) is 5.38. The standard InChI is InChI=1S/C18H18N2O3S/c1-12-4-7-16(8-5-12)24(22,23)19-15-6-9-17-14(11-15)10-13(2)18(21)20(17)3/h4-11,19H,1-3H3. The fraction of sp³-hybridized carbons (Fsp3) is 0.167. The Hall–Kier alpha value is -2.60. The number of fused-ring (bicyclic) bond motifs is 1. The molecule has 0 fully saturated rings. The molecule has 0 saturated heterocycles. The fourth-order valence-corrected chi connectivity index (χ4v) is 3.69. The second kappa shape index (κ2) is 5.79. The molecular formula is C18H18N2O3S. The molecule has 0 amide bonds. The zero-order valence-corrected chi connectivity index (χ0v) is 14.5. The Morgan fingerprint density at radius 3 is 2.29 bits per heavy atom. The van der Waals surface area contributed by atoms with Crippen molar-refractivity contribution < 1.29 is 8.42 Å². The molecule has 3 rings (SSSR count). The Morgan fingerprint density at radius 2 is 1.62 bits per heavy atom. The number of hydrogen-bond acceptors (Lipinski definition) is 3. The van der Waals surface area contributed by atoms with E-state index in [9.17, 15) is 13.2 Å². The first-order valence-electron chi connectivity index (χ1n) is 7.48. The van der Waals surface area contributed by atoms with E-state index in [1.54, 1.807) is 67.1 Å². The molecule has 0 unspecified atom stereocenters. The molecule has 6 heteroatoms. The molecule has 2 aromatic carbocycles. The predicted octanol–water partition coefficient (Wildman–Crippen LogP) is 2.96. The predicted molar refractivity (Wildman–Crippen MR) is 95.9 cm³/mol. The van der Waals surface area contributed by atoms with Crippen molar-refractivity contribution in [1.29, 1.82) is 0 Å². The summed E-state index contributed by atoms with van der Waals surface area (Å²) in [6, 6.07) is 13.6. The van der Waals surface area contributed by atoms with E-state index in [2.05, 4.69) is 4.72 Å². The van der Waals surface area contributed by atoms with Gasteiger partial charge in [0.1, 0.15) is 0 Å². The molecule has 0 atom stereocenters. The molecule has 24 heavy (non-hydrogen) atoms. The van der Waals surface area contributed by atoms with Gasteiger partial charge in [-0.25, -0.2) is 8.42 Å². The van der Waals surface area contributed by atoms with Gasteiger partial charge in [0.25, 0.3) is 15.6 Å². The lowest BCUT2D eigenvalue weighted by molar-refractivity contribution is 0.601. The minimum Gasteiger partial charge on any atom is -0.311 e. The summed E-state index contributed by atoms with van der Waals surface area (Å²) in [5, 5.41) is 0.804. The molecule has 0 aliphatic heterocycles. The zero-order valence-electron chi connectivity index (χ0n) is 13.7. The van der Waals surface area contributed by atoms with Crippen LogP contribution in [0.2, 0.25) is 0 Å². The number of benzene rings is 2. The van der Waals surface area contributed by atoms with Crippen LogP contribution < -0.4 is 10.3 Å². The van der Waals surface area contributed by atoms with Crippen molar-refractivity contribution in [1.82, 2.24) is 4.57 Å². The fourth-order valence-electron chi connectivity index (χ4n) is 2.64. The topological polar surface area (TPSA) is 68.2 Å². The Labute approximate surface area is 140 Å². The lowest BCUT2D eigenvalue weighted by Crippen LogP contribution is -2.19. The van der Waals surface area contributed by atoms with Gasteiger partial charge in [0.2, 0.25) is 0 Å². The number of anilines is 1. The van der Waals surface area contributed by atoms with E-state index in [-0.39, 0.29) is 10.5 Å². The second-order valence-electron chi connectivity index (χ2n) is 5.88. The van der Waals surface area contributed by atoms with Crippen LogP contribution in [0.1, 0.15) is 11.1 Å². The molecule has 0 radical (unpaired) electrons. The second-order valence-corrected chi connectivity index (χ2v) is 7.57. The van der Waals surface area contributed by atoms with Crippen LogP contribution in [0.15, 0.2) is 58.2 Å². The number of hydrogen-bond donors (Lipinski definition) is 1. The van der Waals surface area contributed by atoms with Gasteiger partial charge in [-0.1, -0.05) is 17.7 Å². The van der Waals surface area contributed by atoms with Gasteiger partial charge in [-0.3, -0.25) is 9.52 Å². The number of nitrogens with one attached hydrogen (secondary N) is 1. The van der Waals surface area contributed by atoms with Crippen molar-refractivity contribution in [2.45, 2.75) is 18.7 Å². The summed E-state index contributed by atoms with van der Waals surface area (Å²) in [5.74, 6) is 0. The van der Waals surface area contributed by atoms with E-state index in [1.807, 2.05) is 6.92 Å². The number of nitrogens with zero attached hydrogens (tertiary/aromatic N) is 1. The smallest absolute Gasteiger partial charge is 0.261 e. The molecule has 1 heterocycles. The van der Waals surface area contributed by atoms with E-state index in [4.69, 9.17) is 0 Å². The van der Waals surface area contributed by atoms with Crippen LogP contribution >= 0.6 is 0 Å². The number of rotatable bonds is 3. The Kier molecular flexibility index (Phi) is 3.93. The molecule has 0 saturated carbocycles. The maximum absolute atomic E-state index is 12.5. The van der Waals surface area contributed by atoms with E-state index in [1.165, 1.54) is 0 Å².